The average molecular weight is 392 g/mol. The van der Waals surface area contributed by atoms with Crippen LogP contribution in [-0.4, -0.2) is 33.2 Å². The van der Waals surface area contributed by atoms with Gasteiger partial charge < -0.3 is 14.2 Å². The molecular formula is C25H28O4. The second-order valence-electron chi connectivity index (χ2n) is 7.52. The van der Waals surface area contributed by atoms with E-state index in [-0.39, 0.29) is 5.78 Å². The fourth-order valence-electron chi connectivity index (χ4n) is 3.57. The normalized spacial score (nSPS) is 17.1. The van der Waals surface area contributed by atoms with E-state index in [0.29, 0.717) is 24.4 Å². The van der Waals surface area contributed by atoms with Crippen molar-refractivity contribution in [1.82, 2.24) is 0 Å². The van der Waals surface area contributed by atoms with E-state index in [9.17, 15) is 4.79 Å². The van der Waals surface area contributed by atoms with Gasteiger partial charge in [0, 0.05) is 11.1 Å². The smallest absolute Gasteiger partial charge is 0.189 e. The first kappa shape index (κ1) is 20.9. The van der Waals surface area contributed by atoms with Crippen molar-refractivity contribution in [2.45, 2.75) is 27.7 Å². The van der Waals surface area contributed by atoms with Crippen LogP contribution in [0.15, 0.2) is 35.4 Å². The molecule has 0 unspecified atom stereocenters. The van der Waals surface area contributed by atoms with Crippen LogP contribution in [0.3, 0.4) is 0 Å². The van der Waals surface area contributed by atoms with E-state index in [1.54, 1.807) is 14.2 Å². The Balaban J connectivity index is 1.95. The number of benzene rings is 2. The van der Waals surface area contributed by atoms with Crippen LogP contribution in [0.1, 0.15) is 33.4 Å². The lowest BCUT2D eigenvalue weighted by atomic mass is 9.94. The summed E-state index contributed by atoms with van der Waals surface area (Å²) in [6.07, 6.45) is 3.87. The second kappa shape index (κ2) is 8.66. The van der Waals surface area contributed by atoms with Crippen LogP contribution in [0.5, 0.6) is 11.5 Å². The van der Waals surface area contributed by atoms with E-state index in [4.69, 9.17) is 14.2 Å². The molecule has 2 aromatic rings. The highest BCUT2D eigenvalue weighted by atomic mass is 16.5. The lowest BCUT2D eigenvalue weighted by Crippen LogP contribution is -2.22. The zero-order chi connectivity index (χ0) is 21.1. The van der Waals surface area contributed by atoms with Gasteiger partial charge in [-0.3, -0.25) is 4.79 Å². The van der Waals surface area contributed by atoms with Crippen molar-refractivity contribution in [3.63, 3.8) is 0 Å². The molecule has 2 aromatic carbocycles. The minimum absolute atomic E-state index is 0.0389. The second-order valence-corrected chi connectivity index (χ2v) is 7.52. The Morgan fingerprint density at radius 1 is 0.724 bits per heavy atom. The van der Waals surface area contributed by atoms with Crippen molar-refractivity contribution in [2.75, 3.05) is 27.4 Å². The SMILES string of the molecule is COc1cc(C)c(/C=C2/COC/C(=C\c3cc(C)c(OC)cc3C)C2=O)cc1C. The Morgan fingerprint density at radius 3 is 1.52 bits per heavy atom. The van der Waals surface area contributed by atoms with Gasteiger partial charge in [0.05, 0.1) is 27.4 Å². The highest BCUT2D eigenvalue weighted by Gasteiger charge is 2.22. The van der Waals surface area contributed by atoms with Crippen LogP contribution >= 0.6 is 0 Å². The molecule has 0 atom stereocenters. The molecule has 0 N–H and O–H groups in total. The molecule has 1 fully saturated rings. The minimum Gasteiger partial charge on any atom is -0.496 e. The molecule has 4 heteroatoms. The van der Waals surface area contributed by atoms with E-state index in [1.807, 2.05) is 64.1 Å². The van der Waals surface area contributed by atoms with E-state index in [2.05, 4.69) is 0 Å². The summed E-state index contributed by atoms with van der Waals surface area (Å²) >= 11 is 0. The number of ether oxygens (including phenoxy) is 3. The fourth-order valence-corrected chi connectivity index (χ4v) is 3.57. The highest BCUT2D eigenvalue weighted by molar-refractivity contribution is 6.14. The maximum atomic E-state index is 13.1. The Morgan fingerprint density at radius 2 is 1.14 bits per heavy atom. The van der Waals surface area contributed by atoms with Crippen LogP contribution in [0.4, 0.5) is 0 Å². The maximum absolute atomic E-state index is 13.1. The number of carbonyl (C=O) groups excluding carboxylic acids is 1. The van der Waals surface area contributed by atoms with Gasteiger partial charge in [-0.1, -0.05) is 0 Å². The van der Waals surface area contributed by atoms with E-state index in [1.165, 1.54) is 0 Å². The molecule has 29 heavy (non-hydrogen) atoms. The molecule has 1 saturated heterocycles. The molecule has 152 valence electrons. The van der Waals surface area contributed by atoms with Gasteiger partial charge in [-0.05, 0) is 97.5 Å². The third-order valence-electron chi connectivity index (χ3n) is 5.32. The highest BCUT2D eigenvalue weighted by Crippen LogP contribution is 2.28. The number of aryl methyl sites for hydroxylation is 4. The molecule has 0 aliphatic carbocycles. The van der Waals surface area contributed by atoms with E-state index >= 15 is 0 Å². The minimum atomic E-state index is 0.0389. The Bertz CT molecular complexity index is 932. The lowest BCUT2D eigenvalue weighted by Gasteiger charge is -2.19. The number of methoxy groups -OCH3 is 2. The first-order valence-corrected chi connectivity index (χ1v) is 9.68. The number of carbonyl (C=O) groups is 1. The summed E-state index contributed by atoms with van der Waals surface area (Å²) in [5.74, 6) is 1.74. The van der Waals surface area contributed by atoms with Crippen molar-refractivity contribution >= 4 is 17.9 Å². The first-order chi connectivity index (χ1) is 13.8. The molecule has 0 radical (unpaired) electrons. The number of ketones is 1. The van der Waals surface area contributed by atoms with Crippen LogP contribution in [0.2, 0.25) is 0 Å². The zero-order valence-electron chi connectivity index (χ0n) is 18.0. The van der Waals surface area contributed by atoms with Gasteiger partial charge in [0.1, 0.15) is 11.5 Å². The molecule has 1 aliphatic rings. The largest absolute Gasteiger partial charge is 0.496 e. The number of hydrogen-bond acceptors (Lipinski definition) is 4. The van der Waals surface area contributed by atoms with Crippen molar-refractivity contribution in [1.29, 1.82) is 0 Å². The molecule has 0 amide bonds. The number of hydrogen-bond donors (Lipinski definition) is 0. The van der Waals surface area contributed by atoms with Gasteiger partial charge >= 0.3 is 0 Å². The Labute approximate surface area is 172 Å². The monoisotopic (exact) mass is 392 g/mol. The maximum Gasteiger partial charge on any atom is 0.189 e. The van der Waals surface area contributed by atoms with Crippen molar-refractivity contribution < 1.29 is 19.0 Å². The molecule has 0 bridgehead atoms. The van der Waals surface area contributed by atoms with E-state index in [0.717, 1.165) is 44.9 Å². The molecule has 0 aromatic heterocycles. The molecule has 4 nitrogen and oxygen atoms in total. The van der Waals surface area contributed by atoms with Crippen LogP contribution in [0.25, 0.3) is 12.2 Å². The number of Topliss-reactive ketones (excluding diaryl/α,β-unsaturated/α-hetero) is 1. The van der Waals surface area contributed by atoms with Gasteiger partial charge in [-0.15, -0.1) is 0 Å². The van der Waals surface area contributed by atoms with Crippen LogP contribution in [0, 0.1) is 27.7 Å². The van der Waals surface area contributed by atoms with Gasteiger partial charge in [-0.2, -0.15) is 0 Å². The summed E-state index contributed by atoms with van der Waals surface area (Å²) in [5, 5.41) is 0. The number of rotatable bonds is 4. The summed E-state index contributed by atoms with van der Waals surface area (Å²) in [6.45, 7) is 8.67. The third-order valence-corrected chi connectivity index (χ3v) is 5.32. The molecule has 0 spiro atoms. The average Bonchev–Trinajstić information content (AvgIpc) is 2.69. The van der Waals surface area contributed by atoms with Crippen molar-refractivity contribution in [3.05, 3.63) is 68.8 Å². The molecular weight excluding hydrogens is 364 g/mol. The summed E-state index contributed by atoms with van der Waals surface area (Å²) in [5.41, 5.74) is 7.54. The summed E-state index contributed by atoms with van der Waals surface area (Å²) in [7, 11) is 3.33. The van der Waals surface area contributed by atoms with Gasteiger partial charge in [0.15, 0.2) is 5.78 Å². The topological polar surface area (TPSA) is 44.8 Å². The van der Waals surface area contributed by atoms with Crippen LogP contribution < -0.4 is 9.47 Å². The summed E-state index contributed by atoms with van der Waals surface area (Å²) in [6, 6.07) is 8.08. The lowest BCUT2D eigenvalue weighted by molar-refractivity contribution is -0.114. The summed E-state index contributed by atoms with van der Waals surface area (Å²) in [4.78, 5) is 13.1. The van der Waals surface area contributed by atoms with Gasteiger partial charge in [-0.25, -0.2) is 0 Å². The van der Waals surface area contributed by atoms with Crippen molar-refractivity contribution in [3.8, 4) is 11.5 Å². The predicted octanol–water partition coefficient (Wildman–Crippen LogP) is 5.00. The Hall–Kier alpha value is -2.85. The van der Waals surface area contributed by atoms with Gasteiger partial charge in [0.25, 0.3) is 0 Å². The standard InChI is InChI=1S/C25H28O4/c1-15-9-23(27-5)17(3)7-19(15)11-21-13-29-14-22(25(21)26)12-20-8-18(4)24(28-6)10-16(20)2/h7-12H,13-14H2,1-6H3/b21-11-,22-12+. The quantitative estimate of drug-likeness (QED) is 0.687. The molecule has 0 saturated carbocycles. The van der Waals surface area contributed by atoms with Crippen molar-refractivity contribution in [2.24, 2.45) is 0 Å². The third kappa shape index (κ3) is 4.43. The molecule has 1 heterocycles. The molecule has 1 aliphatic heterocycles. The van der Waals surface area contributed by atoms with Gasteiger partial charge in [0.2, 0.25) is 0 Å². The van der Waals surface area contributed by atoms with Crippen LogP contribution in [-0.2, 0) is 9.53 Å². The first-order valence-electron chi connectivity index (χ1n) is 9.68. The molecule has 3 rings (SSSR count). The fraction of sp³-hybridized carbons (Fsp3) is 0.320. The summed E-state index contributed by atoms with van der Waals surface area (Å²) < 4.78 is 16.5. The zero-order valence-corrected chi connectivity index (χ0v) is 18.0. The predicted molar refractivity (Wildman–Crippen MR) is 117 cm³/mol. The van der Waals surface area contributed by atoms with E-state index < -0.39 is 0 Å². The Kier molecular flexibility index (Phi) is 6.23.